The Morgan fingerprint density at radius 2 is 1.59 bits per heavy atom. The fourth-order valence-corrected chi connectivity index (χ4v) is 1.50. The van der Waals surface area contributed by atoms with Crippen LogP contribution in [0.5, 0.6) is 0 Å². The average Bonchev–Trinajstić information content (AvgIpc) is 2.27. The third-order valence-corrected chi connectivity index (χ3v) is 2.71. The molecule has 0 heterocycles. The van der Waals surface area contributed by atoms with Crippen molar-refractivity contribution in [3.63, 3.8) is 0 Å². The normalized spacial score (nSPS) is 10.7. The zero-order chi connectivity index (χ0) is 13.1. The van der Waals surface area contributed by atoms with Gasteiger partial charge in [0.2, 0.25) is 10.0 Å². The van der Waals surface area contributed by atoms with E-state index in [0.717, 1.165) is 0 Å². The monoisotopic (exact) mass is 258 g/mol. The van der Waals surface area contributed by atoms with Crippen molar-refractivity contribution < 1.29 is 18.0 Å². The summed E-state index contributed by atoms with van der Waals surface area (Å²) in [5, 5.41) is 7.09. The van der Waals surface area contributed by atoms with Crippen LogP contribution in [0.1, 0.15) is 0 Å². The first kappa shape index (κ1) is 13.1. The van der Waals surface area contributed by atoms with Crippen LogP contribution >= 0.6 is 0 Å². The molecule has 92 valence electrons. The molecule has 2 amide bonds. The van der Waals surface area contributed by atoms with Crippen LogP contribution in [-0.2, 0) is 19.6 Å². The third kappa shape index (κ3) is 3.52. The Morgan fingerprint density at radius 1 is 1.06 bits per heavy atom. The van der Waals surface area contributed by atoms with Crippen molar-refractivity contribution in [2.75, 3.05) is 5.32 Å². The predicted molar refractivity (Wildman–Crippen MR) is 58.8 cm³/mol. The number of benzene rings is 1. The number of rotatable bonds is 2. The Kier molecular flexibility index (Phi) is 3.78. The molecule has 1 rings (SSSR count). The molecule has 1 aromatic carbocycles. The van der Waals surface area contributed by atoms with Gasteiger partial charge in [0.1, 0.15) is 0 Å². The smallest absolute Gasteiger partial charge is 0.318 e. The number of nitrogens with two attached hydrogens (primary N) is 2. The number of amides is 2. The van der Waals surface area contributed by atoms with Gasteiger partial charge in [0, 0.05) is 5.69 Å². The van der Waals surface area contributed by atoms with E-state index in [0.29, 0.717) is 0 Å². The van der Waals surface area contributed by atoms with Gasteiger partial charge in [-0.25, -0.2) is 19.4 Å². The lowest BCUT2D eigenvalue weighted by Gasteiger charge is -2.04. The predicted octanol–water partition coefficient (Wildman–Crippen LogP) is -1.74. The molecule has 0 saturated heterocycles. The molecule has 1 aromatic rings. The van der Waals surface area contributed by atoms with Crippen molar-refractivity contribution in [1.82, 2.24) is 5.43 Å². The van der Waals surface area contributed by atoms with Gasteiger partial charge in [-0.15, -0.1) is 0 Å². The van der Waals surface area contributed by atoms with E-state index in [-0.39, 0.29) is 10.6 Å². The summed E-state index contributed by atoms with van der Waals surface area (Å²) in [5.41, 5.74) is 1.90. The van der Waals surface area contributed by atoms with Gasteiger partial charge in [-0.05, 0) is 24.3 Å². The zero-order valence-electron chi connectivity index (χ0n) is 8.51. The Morgan fingerprint density at radius 3 is 2.00 bits per heavy atom. The molecule has 0 spiro atoms. The van der Waals surface area contributed by atoms with Gasteiger partial charge >= 0.3 is 11.8 Å². The summed E-state index contributed by atoms with van der Waals surface area (Å²) in [6.45, 7) is 0. The number of hydrogen-bond acceptors (Lipinski definition) is 5. The van der Waals surface area contributed by atoms with Crippen LogP contribution < -0.4 is 21.7 Å². The second kappa shape index (κ2) is 4.91. The Hall–Kier alpha value is -1.97. The Labute approximate surface area is 97.0 Å². The van der Waals surface area contributed by atoms with E-state index in [1.54, 1.807) is 5.43 Å². The lowest BCUT2D eigenvalue weighted by atomic mass is 10.3. The van der Waals surface area contributed by atoms with Crippen LogP contribution in [0.3, 0.4) is 0 Å². The zero-order valence-corrected chi connectivity index (χ0v) is 9.32. The molecule has 0 aliphatic rings. The molecular formula is C8H10N4O4S. The number of hydrazine groups is 1. The van der Waals surface area contributed by atoms with E-state index in [4.69, 9.17) is 11.0 Å². The third-order valence-electron chi connectivity index (χ3n) is 1.78. The van der Waals surface area contributed by atoms with E-state index < -0.39 is 21.8 Å². The van der Waals surface area contributed by atoms with Crippen LogP contribution in [0.15, 0.2) is 29.2 Å². The lowest BCUT2D eigenvalue weighted by molar-refractivity contribution is -0.136. The van der Waals surface area contributed by atoms with Gasteiger partial charge in [-0.1, -0.05) is 0 Å². The molecule has 17 heavy (non-hydrogen) atoms. The highest BCUT2D eigenvalue weighted by Gasteiger charge is 2.12. The van der Waals surface area contributed by atoms with Crippen molar-refractivity contribution in [3.8, 4) is 0 Å². The Bertz CT molecular complexity index is 537. The SMILES string of the molecule is NNC(=O)C(=O)Nc1ccc(S(N)(=O)=O)cc1. The first-order valence-electron chi connectivity index (χ1n) is 4.29. The number of nitrogens with one attached hydrogen (secondary N) is 2. The molecule has 0 unspecified atom stereocenters. The summed E-state index contributed by atoms with van der Waals surface area (Å²) in [6, 6.07) is 4.99. The second-order valence-corrected chi connectivity index (χ2v) is 4.56. The molecule has 9 heteroatoms. The number of carbonyl (C=O) groups excluding carboxylic acids is 2. The summed E-state index contributed by atoms with van der Waals surface area (Å²) in [4.78, 5) is 21.8. The van der Waals surface area contributed by atoms with Crippen LogP contribution in [0.25, 0.3) is 0 Å². The molecule has 0 aromatic heterocycles. The van der Waals surface area contributed by atoms with Gasteiger partial charge in [0.25, 0.3) is 0 Å². The highest BCUT2D eigenvalue weighted by Crippen LogP contribution is 2.12. The van der Waals surface area contributed by atoms with Crippen LogP contribution in [0.4, 0.5) is 5.69 Å². The number of carbonyl (C=O) groups is 2. The number of primary sulfonamides is 1. The number of anilines is 1. The minimum absolute atomic E-state index is 0.0984. The first-order valence-corrected chi connectivity index (χ1v) is 5.84. The van der Waals surface area contributed by atoms with Crippen molar-refractivity contribution >= 4 is 27.5 Å². The van der Waals surface area contributed by atoms with E-state index in [1.807, 2.05) is 0 Å². The number of sulfonamides is 1. The fourth-order valence-electron chi connectivity index (χ4n) is 0.981. The van der Waals surface area contributed by atoms with E-state index >= 15 is 0 Å². The van der Waals surface area contributed by atoms with E-state index in [9.17, 15) is 18.0 Å². The van der Waals surface area contributed by atoms with Crippen molar-refractivity contribution in [2.45, 2.75) is 4.90 Å². The molecule has 0 saturated carbocycles. The fraction of sp³-hybridized carbons (Fsp3) is 0. The van der Waals surface area contributed by atoms with E-state index in [2.05, 4.69) is 5.32 Å². The van der Waals surface area contributed by atoms with Gasteiger partial charge in [-0.2, -0.15) is 0 Å². The van der Waals surface area contributed by atoms with Gasteiger partial charge < -0.3 is 5.32 Å². The molecule has 0 fully saturated rings. The summed E-state index contributed by atoms with van der Waals surface area (Å²) in [5.74, 6) is 2.78. The van der Waals surface area contributed by atoms with Crippen molar-refractivity contribution in [3.05, 3.63) is 24.3 Å². The maximum Gasteiger partial charge on any atom is 0.323 e. The molecule has 8 nitrogen and oxygen atoms in total. The van der Waals surface area contributed by atoms with E-state index in [1.165, 1.54) is 24.3 Å². The maximum atomic E-state index is 11.1. The van der Waals surface area contributed by atoms with Crippen LogP contribution in [0, 0.1) is 0 Å². The summed E-state index contributed by atoms with van der Waals surface area (Å²) < 4.78 is 21.9. The maximum absolute atomic E-state index is 11.1. The molecule has 0 atom stereocenters. The first-order chi connectivity index (χ1) is 7.84. The second-order valence-electron chi connectivity index (χ2n) is 3.00. The Balaban J connectivity index is 2.83. The molecule has 0 aliphatic heterocycles. The molecule has 0 radical (unpaired) electrons. The minimum atomic E-state index is -3.78. The van der Waals surface area contributed by atoms with Crippen molar-refractivity contribution in [2.24, 2.45) is 11.0 Å². The van der Waals surface area contributed by atoms with Crippen LogP contribution in [0.2, 0.25) is 0 Å². The summed E-state index contributed by atoms with van der Waals surface area (Å²) in [7, 11) is -3.78. The van der Waals surface area contributed by atoms with Gasteiger partial charge in [-0.3, -0.25) is 15.0 Å². The highest BCUT2D eigenvalue weighted by atomic mass is 32.2. The number of hydrogen-bond donors (Lipinski definition) is 4. The average molecular weight is 258 g/mol. The van der Waals surface area contributed by atoms with Gasteiger partial charge in [0.15, 0.2) is 0 Å². The topological polar surface area (TPSA) is 144 Å². The molecule has 6 N–H and O–H groups in total. The lowest BCUT2D eigenvalue weighted by Crippen LogP contribution is -2.39. The standard InChI is InChI=1S/C8H10N4O4S/c9-12-8(14)7(13)11-5-1-3-6(4-2-5)17(10,15)16/h1-4H,9H2,(H,11,13)(H,12,14)(H2,10,15,16). The van der Waals surface area contributed by atoms with Crippen LogP contribution in [-0.4, -0.2) is 20.2 Å². The molecule has 0 bridgehead atoms. The largest absolute Gasteiger partial charge is 0.323 e. The van der Waals surface area contributed by atoms with Gasteiger partial charge in [0.05, 0.1) is 4.90 Å². The quantitative estimate of drug-likeness (QED) is 0.215. The summed E-state index contributed by atoms with van der Waals surface area (Å²) in [6.07, 6.45) is 0. The minimum Gasteiger partial charge on any atom is -0.318 e. The molecular weight excluding hydrogens is 248 g/mol. The van der Waals surface area contributed by atoms with Crippen molar-refractivity contribution in [1.29, 1.82) is 0 Å². The highest BCUT2D eigenvalue weighted by molar-refractivity contribution is 7.89. The summed E-state index contributed by atoms with van der Waals surface area (Å²) >= 11 is 0. The molecule has 0 aliphatic carbocycles.